The van der Waals surface area contributed by atoms with Gasteiger partial charge in [-0.05, 0) is 17.7 Å². The Kier molecular flexibility index (Phi) is 4.53. The smallest absolute Gasteiger partial charge is 0.244 e. The van der Waals surface area contributed by atoms with Crippen LogP contribution in [-0.2, 0) is 14.8 Å². The lowest BCUT2D eigenvalue weighted by Crippen LogP contribution is -2.37. The highest BCUT2D eigenvalue weighted by molar-refractivity contribution is 7.89. The van der Waals surface area contributed by atoms with Crippen LogP contribution in [0.3, 0.4) is 0 Å². The van der Waals surface area contributed by atoms with Gasteiger partial charge in [-0.2, -0.15) is 4.72 Å². The molecule has 5 nitrogen and oxygen atoms in total. The third-order valence-electron chi connectivity index (χ3n) is 2.87. The molecule has 1 atom stereocenters. The van der Waals surface area contributed by atoms with Gasteiger partial charge in [0.05, 0.1) is 0 Å². The number of carbonyl (C=O) groups is 1. The second-order valence-corrected chi connectivity index (χ2v) is 6.12. The number of hydrogen-bond donors (Lipinski definition) is 2. The molecule has 0 unspecified atom stereocenters. The van der Waals surface area contributed by atoms with Crippen LogP contribution in [0.2, 0.25) is 0 Å². The molecular formula is C14H12F2N2O3S. The van der Waals surface area contributed by atoms with Gasteiger partial charge in [0.15, 0.2) is 0 Å². The van der Waals surface area contributed by atoms with Crippen LogP contribution in [0.4, 0.5) is 8.78 Å². The van der Waals surface area contributed by atoms with Crippen molar-refractivity contribution in [2.75, 3.05) is 0 Å². The minimum absolute atomic E-state index is 0.307. The molecule has 0 aromatic heterocycles. The molecule has 0 heterocycles. The first kappa shape index (κ1) is 16.1. The van der Waals surface area contributed by atoms with E-state index in [1.807, 2.05) is 4.72 Å². The van der Waals surface area contributed by atoms with Crippen molar-refractivity contribution >= 4 is 15.9 Å². The number of rotatable bonds is 5. The molecule has 2 aromatic carbocycles. The zero-order valence-electron chi connectivity index (χ0n) is 11.2. The Morgan fingerprint density at radius 3 is 2.27 bits per heavy atom. The van der Waals surface area contributed by atoms with Gasteiger partial charge in [0.2, 0.25) is 15.9 Å². The summed E-state index contributed by atoms with van der Waals surface area (Å²) in [5, 5.41) is 0. The molecule has 0 bridgehead atoms. The molecule has 0 aliphatic rings. The largest absolute Gasteiger partial charge is 0.368 e. The van der Waals surface area contributed by atoms with E-state index in [2.05, 4.69) is 0 Å². The Balaban J connectivity index is 2.39. The van der Waals surface area contributed by atoms with Gasteiger partial charge in [-0.25, -0.2) is 17.2 Å². The molecule has 0 fully saturated rings. The predicted molar refractivity (Wildman–Crippen MR) is 75.1 cm³/mol. The van der Waals surface area contributed by atoms with Crippen molar-refractivity contribution in [1.82, 2.24) is 4.72 Å². The molecular weight excluding hydrogens is 314 g/mol. The first-order chi connectivity index (χ1) is 10.3. The maximum Gasteiger partial charge on any atom is 0.244 e. The maximum absolute atomic E-state index is 13.6. The van der Waals surface area contributed by atoms with Crippen molar-refractivity contribution in [2.24, 2.45) is 5.73 Å². The Labute approximate surface area is 125 Å². The van der Waals surface area contributed by atoms with E-state index in [4.69, 9.17) is 5.73 Å². The number of nitrogens with one attached hydrogen (secondary N) is 1. The van der Waals surface area contributed by atoms with Crippen molar-refractivity contribution in [2.45, 2.75) is 10.9 Å². The summed E-state index contributed by atoms with van der Waals surface area (Å²) in [5.41, 5.74) is 5.50. The van der Waals surface area contributed by atoms with Crippen molar-refractivity contribution in [3.63, 3.8) is 0 Å². The first-order valence-electron chi connectivity index (χ1n) is 6.13. The van der Waals surface area contributed by atoms with Gasteiger partial charge in [0, 0.05) is 6.07 Å². The van der Waals surface area contributed by atoms with Gasteiger partial charge >= 0.3 is 0 Å². The molecule has 0 saturated heterocycles. The molecule has 0 saturated carbocycles. The van der Waals surface area contributed by atoms with Crippen LogP contribution in [0.25, 0.3) is 0 Å². The summed E-state index contributed by atoms with van der Waals surface area (Å²) >= 11 is 0. The van der Waals surface area contributed by atoms with Crippen LogP contribution in [0.1, 0.15) is 11.6 Å². The number of primary amides is 1. The lowest BCUT2D eigenvalue weighted by molar-refractivity contribution is -0.119. The van der Waals surface area contributed by atoms with E-state index in [1.165, 1.54) is 12.1 Å². The van der Waals surface area contributed by atoms with E-state index in [9.17, 15) is 22.0 Å². The predicted octanol–water partition coefficient (Wildman–Crippen LogP) is 1.47. The topological polar surface area (TPSA) is 89.3 Å². The summed E-state index contributed by atoms with van der Waals surface area (Å²) in [6.07, 6.45) is 0. The Bertz CT molecular complexity index is 795. The van der Waals surface area contributed by atoms with Crippen LogP contribution < -0.4 is 10.5 Å². The third kappa shape index (κ3) is 3.46. The monoisotopic (exact) mass is 326 g/mol. The summed E-state index contributed by atoms with van der Waals surface area (Å²) in [5.74, 6) is -3.12. The molecule has 0 spiro atoms. The molecule has 0 aliphatic carbocycles. The summed E-state index contributed by atoms with van der Waals surface area (Å²) in [6, 6.07) is 8.52. The molecule has 8 heteroatoms. The van der Waals surface area contributed by atoms with Crippen LogP contribution in [0.5, 0.6) is 0 Å². The molecule has 22 heavy (non-hydrogen) atoms. The van der Waals surface area contributed by atoms with Crippen LogP contribution in [0.15, 0.2) is 53.4 Å². The number of sulfonamides is 1. The molecule has 0 aliphatic heterocycles. The van der Waals surface area contributed by atoms with Crippen molar-refractivity contribution in [3.8, 4) is 0 Å². The highest BCUT2D eigenvalue weighted by atomic mass is 32.2. The normalized spacial score (nSPS) is 12.8. The number of hydrogen-bond acceptors (Lipinski definition) is 3. The Hall–Kier alpha value is -2.32. The highest BCUT2D eigenvalue weighted by Crippen LogP contribution is 2.20. The van der Waals surface area contributed by atoms with E-state index < -0.39 is 38.5 Å². The molecule has 3 N–H and O–H groups in total. The standard InChI is InChI=1S/C14H12F2N2O3S/c15-10-6-7-12(11(16)8-10)22(20,21)18-13(14(17)19)9-4-2-1-3-5-9/h1-8,13,18H,(H2,17,19)/t13-/m1/s1. The molecule has 0 radical (unpaired) electrons. The van der Waals surface area contributed by atoms with Crippen molar-refractivity contribution in [3.05, 3.63) is 65.7 Å². The minimum atomic E-state index is -4.39. The second-order valence-electron chi connectivity index (χ2n) is 4.44. The summed E-state index contributed by atoms with van der Waals surface area (Å²) < 4.78 is 52.8. The van der Waals surface area contributed by atoms with Gasteiger partial charge in [-0.3, -0.25) is 4.79 Å². The van der Waals surface area contributed by atoms with Gasteiger partial charge < -0.3 is 5.73 Å². The first-order valence-corrected chi connectivity index (χ1v) is 7.61. The SMILES string of the molecule is NC(=O)[C@H](NS(=O)(=O)c1ccc(F)cc1F)c1ccccc1. The van der Waals surface area contributed by atoms with Crippen LogP contribution in [0, 0.1) is 11.6 Å². The number of amides is 1. The zero-order valence-corrected chi connectivity index (χ0v) is 12.0. The lowest BCUT2D eigenvalue weighted by atomic mass is 10.1. The number of carbonyl (C=O) groups excluding carboxylic acids is 1. The summed E-state index contributed by atoms with van der Waals surface area (Å²) in [6.45, 7) is 0. The van der Waals surface area contributed by atoms with Gasteiger partial charge in [-0.1, -0.05) is 30.3 Å². The van der Waals surface area contributed by atoms with Crippen molar-refractivity contribution < 1.29 is 22.0 Å². The lowest BCUT2D eigenvalue weighted by Gasteiger charge is -2.16. The fourth-order valence-corrected chi connectivity index (χ4v) is 3.10. The zero-order chi connectivity index (χ0) is 16.3. The molecule has 1 amide bonds. The summed E-state index contributed by atoms with van der Waals surface area (Å²) in [4.78, 5) is 10.7. The van der Waals surface area contributed by atoms with Gasteiger partial charge in [0.1, 0.15) is 22.6 Å². The Morgan fingerprint density at radius 2 is 1.73 bits per heavy atom. The van der Waals surface area contributed by atoms with Crippen molar-refractivity contribution in [1.29, 1.82) is 0 Å². The minimum Gasteiger partial charge on any atom is -0.368 e. The number of nitrogens with two attached hydrogens (primary N) is 1. The van der Waals surface area contributed by atoms with Crippen LogP contribution >= 0.6 is 0 Å². The quantitative estimate of drug-likeness (QED) is 0.872. The average Bonchev–Trinajstić information content (AvgIpc) is 2.45. The molecule has 2 aromatic rings. The van der Waals surface area contributed by atoms with E-state index in [1.54, 1.807) is 18.2 Å². The highest BCUT2D eigenvalue weighted by Gasteiger charge is 2.27. The maximum atomic E-state index is 13.6. The van der Waals surface area contributed by atoms with Gasteiger partial charge in [-0.15, -0.1) is 0 Å². The van der Waals surface area contributed by atoms with E-state index in [-0.39, 0.29) is 0 Å². The summed E-state index contributed by atoms with van der Waals surface area (Å²) in [7, 11) is -4.39. The molecule has 116 valence electrons. The van der Waals surface area contributed by atoms with Crippen LogP contribution in [-0.4, -0.2) is 14.3 Å². The Morgan fingerprint density at radius 1 is 1.09 bits per heavy atom. The second kappa shape index (κ2) is 6.20. The van der Waals surface area contributed by atoms with E-state index >= 15 is 0 Å². The fraction of sp³-hybridized carbons (Fsp3) is 0.0714. The molecule has 2 rings (SSSR count). The van der Waals surface area contributed by atoms with E-state index in [0.717, 1.165) is 12.1 Å². The average molecular weight is 326 g/mol. The van der Waals surface area contributed by atoms with Gasteiger partial charge in [0.25, 0.3) is 0 Å². The van der Waals surface area contributed by atoms with E-state index in [0.29, 0.717) is 11.6 Å². The third-order valence-corrected chi connectivity index (χ3v) is 4.33. The number of halogens is 2. The number of benzene rings is 2. The fourth-order valence-electron chi connectivity index (χ4n) is 1.85.